The van der Waals surface area contributed by atoms with Crippen molar-refractivity contribution in [3.05, 3.63) is 62.6 Å². The minimum absolute atomic E-state index is 0.0586. The van der Waals surface area contributed by atoms with Crippen molar-refractivity contribution in [2.24, 2.45) is 0 Å². The van der Waals surface area contributed by atoms with E-state index >= 15 is 0 Å². The second-order valence-electron chi connectivity index (χ2n) is 3.86. The second-order valence-corrected chi connectivity index (χ2v) is 5.24. The number of nitrogens with one attached hydrogen (secondary N) is 1. The zero-order valence-corrected chi connectivity index (χ0v) is 10.8. The Labute approximate surface area is 111 Å². The molecule has 18 heavy (non-hydrogen) atoms. The highest BCUT2D eigenvalue weighted by atomic mass is 35.5. The molecule has 0 saturated carbocycles. The van der Waals surface area contributed by atoms with E-state index in [9.17, 15) is 4.79 Å². The van der Waals surface area contributed by atoms with Crippen molar-refractivity contribution < 1.29 is 4.52 Å². The third-order valence-corrected chi connectivity index (χ3v) is 3.64. The fraction of sp³-hybridized carbons (Fsp3) is 0.0833. The Morgan fingerprint density at radius 3 is 3.00 bits per heavy atom. The summed E-state index contributed by atoms with van der Waals surface area (Å²) in [5.41, 5.74) is 2.06. The van der Waals surface area contributed by atoms with Gasteiger partial charge in [0.05, 0.1) is 6.42 Å². The summed E-state index contributed by atoms with van der Waals surface area (Å²) >= 11 is 6.95. The Kier molecular flexibility index (Phi) is 2.85. The number of hydrogen-bond donors (Lipinski definition) is 1. The molecule has 3 aromatic heterocycles. The molecule has 0 atom stereocenters. The molecule has 0 amide bonds. The lowest BCUT2D eigenvalue weighted by Crippen LogP contribution is -2.31. The number of rotatable bonds is 2. The van der Waals surface area contributed by atoms with Crippen LogP contribution in [0.15, 0.2) is 41.3 Å². The standard InChI is InChI=1S/C12H8ClN3OS/c13-10-5-4-8(7-14-10)6-9-2-1-3-11-16(9)15-12(17)18-11/h1-5,7H,6H2/p+1. The topological polar surface area (TPSA) is 49.9 Å². The van der Waals surface area contributed by atoms with Gasteiger partial charge in [-0.2, -0.15) is 0 Å². The molecule has 0 bridgehead atoms. The van der Waals surface area contributed by atoms with Crippen molar-refractivity contribution >= 4 is 27.8 Å². The molecule has 0 radical (unpaired) electrons. The fourth-order valence-electron chi connectivity index (χ4n) is 1.81. The molecule has 0 aromatic carbocycles. The fourth-order valence-corrected chi connectivity index (χ4v) is 2.65. The lowest BCUT2D eigenvalue weighted by atomic mass is 10.1. The van der Waals surface area contributed by atoms with E-state index in [1.54, 1.807) is 12.3 Å². The van der Waals surface area contributed by atoms with Crippen molar-refractivity contribution in [3.8, 4) is 0 Å². The Hall–Kier alpha value is -1.72. The molecular weight excluding hydrogens is 270 g/mol. The average Bonchev–Trinajstić information content (AvgIpc) is 2.73. The van der Waals surface area contributed by atoms with Gasteiger partial charge in [-0.15, -0.1) is 5.10 Å². The largest absolute Gasteiger partial charge is 0.359 e. The Morgan fingerprint density at radius 1 is 1.33 bits per heavy atom. The van der Waals surface area contributed by atoms with Crippen LogP contribution in [0, 0.1) is 0 Å². The quantitative estimate of drug-likeness (QED) is 0.574. The summed E-state index contributed by atoms with van der Waals surface area (Å²) in [6, 6.07) is 9.52. The molecule has 3 heterocycles. The van der Waals surface area contributed by atoms with Crippen LogP contribution >= 0.6 is 22.9 Å². The molecular formula is C12H9ClN3OS+. The predicted octanol–water partition coefficient (Wildman–Crippen LogP) is 1.81. The van der Waals surface area contributed by atoms with Crippen LogP contribution in [0.4, 0.5) is 0 Å². The van der Waals surface area contributed by atoms with Crippen molar-refractivity contribution in [2.45, 2.75) is 6.42 Å². The highest BCUT2D eigenvalue weighted by Crippen LogP contribution is 2.10. The molecule has 3 rings (SSSR count). The van der Waals surface area contributed by atoms with Gasteiger partial charge in [-0.25, -0.2) is 4.98 Å². The predicted molar refractivity (Wildman–Crippen MR) is 70.2 cm³/mol. The second kappa shape index (κ2) is 4.51. The molecule has 0 unspecified atom stereocenters. The summed E-state index contributed by atoms with van der Waals surface area (Å²) < 4.78 is 1.81. The van der Waals surface area contributed by atoms with Gasteiger partial charge in [0.1, 0.15) is 5.15 Å². The van der Waals surface area contributed by atoms with E-state index in [4.69, 9.17) is 11.6 Å². The van der Waals surface area contributed by atoms with Gasteiger partial charge in [-0.3, -0.25) is 4.79 Å². The first-order valence-electron chi connectivity index (χ1n) is 5.35. The van der Waals surface area contributed by atoms with E-state index < -0.39 is 0 Å². The van der Waals surface area contributed by atoms with E-state index in [1.165, 1.54) is 11.3 Å². The number of hydrogen-bond acceptors (Lipinski definition) is 3. The number of pyridine rings is 2. The van der Waals surface area contributed by atoms with Gasteiger partial charge in [0.25, 0.3) is 4.83 Å². The maximum atomic E-state index is 11.4. The first-order chi connectivity index (χ1) is 8.72. The van der Waals surface area contributed by atoms with Crippen molar-refractivity contribution in [1.82, 2.24) is 10.1 Å². The van der Waals surface area contributed by atoms with Gasteiger partial charge in [0.2, 0.25) is 5.69 Å². The molecule has 0 fully saturated rings. The lowest BCUT2D eigenvalue weighted by Gasteiger charge is -1.97. The Balaban J connectivity index is 2.04. The summed E-state index contributed by atoms with van der Waals surface area (Å²) in [6.45, 7) is 0. The number of fused-ring (bicyclic) bond motifs is 1. The number of nitrogens with zero attached hydrogens (tertiary/aromatic N) is 2. The van der Waals surface area contributed by atoms with Gasteiger partial charge >= 0.3 is 4.87 Å². The normalized spacial score (nSPS) is 10.9. The third kappa shape index (κ3) is 2.14. The van der Waals surface area contributed by atoms with Gasteiger partial charge in [-0.05, 0) is 29.0 Å². The summed E-state index contributed by atoms with van der Waals surface area (Å²) in [6.07, 6.45) is 2.44. The van der Waals surface area contributed by atoms with Crippen molar-refractivity contribution in [1.29, 1.82) is 0 Å². The molecule has 6 heteroatoms. The molecule has 3 aromatic rings. The average molecular weight is 279 g/mol. The summed E-state index contributed by atoms with van der Waals surface area (Å²) in [5, 5.41) is 3.27. The SMILES string of the molecule is O=c1[nH][n+]2c(Cc3ccc(Cl)nc3)cccc2s1. The van der Waals surface area contributed by atoms with Gasteiger partial charge < -0.3 is 0 Å². The summed E-state index contributed by atoms with van der Waals surface area (Å²) in [4.78, 5) is 16.2. The third-order valence-electron chi connectivity index (χ3n) is 2.61. The van der Waals surface area contributed by atoms with Crippen LogP contribution in [0.3, 0.4) is 0 Å². The summed E-state index contributed by atoms with van der Waals surface area (Å²) in [7, 11) is 0. The van der Waals surface area contributed by atoms with Crippen LogP contribution in [0.5, 0.6) is 0 Å². The number of H-pyrrole nitrogens is 1. The number of aromatic nitrogens is 3. The first-order valence-corrected chi connectivity index (χ1v) is 6.55. The van der Waals surface area contributed by atoms with E-state index in [1.807, 2.05) is 28.8 Å². The van der Waals surface area contributed by atoms with Crippen LogP contribution in [0.2, 0.25) is 5.15 Å². The monoisotopic (exact) mass is 278 g/mol. The number of halogens is 1. The van der Waals surface area contributed by atoms with Gasteiger partial charge in [0.15, 0.2) is 0 Å². The molecule has 1 N–H and O–H groups in total. The van der Waals surface area contributed by atoms with Crippen molar-refractivity contribution in [3.63, 3.8) is 0 Å². The van der Waals surface area contributed by atoms with Crippen LogP contribution in [0.1, 0.15) is 11.3 Å². The van der Waals surface area contributed by atoms with E-state index in [-0.39, 0.29) is 4.87 Å². The van der Waals surface area contributed by atoms with Gasteiger partial charge in [0, 0.05) is 18.3 Å². The molecule has 4 nitrogen and oxygen atoms in total. The first kappa shape index (κ1) is 11.4. The molecule has 0 saturated heterocycles. The maximum absolute atomic E-state index is 11.4. The zero-order chi connectivity index (χ0) is 12.5. The molecule has 90 valence electrons. The van der Waals surface area contributed by atoms with Crippen LogP contribution in [-0.4, -0.2) is 10.1 Å². The lowest BCUT2D eigenvalue weighted by molar-refractivity contribution is -0.585. The van der Waals surface area contributed by atoms with E-state index in [0.717, 1.165) is 16.1 Å². The minimum Gasteiger partial charge on any atom is -0.251 e. The van der Waals surface area contributed by atoms with Gasteiger partial charge in [-0.1, -0.05) is 22.2 Å². The highest BCUT2D eigenvalue weighted by Gasteiger charge is 2.14. The van der Waals surface area contributed by atoms with Crippen LogP contribution < -0.4 is 9.39 Å². The Morgan fingerprint density at radius 2 is 2.22 bits per heavy atom. The maximum Gasteiger partial charge on any atom is 0.359 e. The van der Waals surface area contributed by atoms with Crippen LogP contribution in [-0.2, 0) is 6.42 Å². The molecule has 0 aliphatic heterocycles. The smallest absolute Gasteiger partial charge is 0.251 e. The van der Waals surface area contributed by atoms with E-state index in [0.29, 0.717) is 11.6 Å². The van der Waals surface area contributed by atoms with Crippen molar-refractivity contribution in [2.75, 3.05) is 0 Å². The van der Waals surface area contributed by atoms with E-state index in [2.05, 4.69) is 10.1 Å². The summed E-state index contributed by atoms with van der Waals surface area (Å²) in [5.74, 6) is 0. The number of aromatic amines is 1. The van der Waals surface area contributed by atoms with Crippen LogP contribution in [0.25, 0.3) is 4.83 Å². The Bertz CT molecular complexity index is 748. The highest BCUT2D eigenvalue weighted by molar-refractivity contribution is 7.14. The zero-order valence-electron chi connectivity index (χ0n) is 9.26. The minimum atomic E-state index is -0.0586. The molecule has 0 spiro atoms. The molecule has 0 aliphatic carbocycles. The molecule has 0 aliphatic rings.